The summed E-state index contributed by atoms with van der Waals surface area (Å²) in [5.41, 5.74) is 6.64. The van der Waals surface area contributed by atoms with Crippen molar-refractivity contribution in [3.8, 4) is 0 Å². The number of guanidine groups is 1. The highest BCUT2D eigenvalue weighted by Gasteiger charge is 2.03. The van der Waals surface area contributed by atoms with Crippen molar-refractivity contribution in [1.29, 1.82) is 0 Å². The lowest BCUT2D eigenvalue weighted by atomic mass is 10.1. The van der Waals surface area contributed by atoms with Gasteiger partial charge >= 0.3 is 0 Å². The van der Waals surface area contributed by atoms with Gasteiger partial charge in [-0.05, 0) is 24.5 Å². The largest absolute Gasteiger partial charge is 0.383 e. The number of nitro groups is 1. The molecule has 0 aliphatic carbocycles. The van der Waals surface area contributed by atoms with Gasteiger partial charge in [-0.15, -0.1) is 24.0 Å². The van der Waals surface area contributed by atoms with Crippen molar-refractivity contribution in [3.63, 3.8) is 0 Å². The third-order valence-corrected chi connectivity index (χ3v) is 2.83. The van der Waals surface area contributed by atoms with Gasteiger partial charge in [0.05, 0.1) is 4.92 Å². The third kappa shape index (κ3) is 8.65. The van der Waals surface area contributed by atoms with Crippen LogP contribution >= 0.6 is 24.0 Å². The summed E-state index contributed by atoms with van der Waals surface area (Å²) in [7, 11) is 0. The van der Waals surface area contributed by atoms with Gasteiger partial charge in [-0.25, -0.2) is 0 Å². The first-order chi connectivity index (χ1) is 9.99. The molecule has 0 aliphatic rings. The lowest BCUT2D eigenvalue weighted by molar-refractivity contribution is -0.384. The quantitative estimate of drug-likeness (QED) is 0.149. The van der Waals surface area contributed by atoms with Gasteiger partial charge < -0.3 is 16.4 Å². The van der Waals surface area contributed by atoms with Crippen LogP contribution in [0.15, 0.2) is 29.3 Å². The first-order valence-corrected chi connectivity index (χ1v) is 7.01. The molecule has 0 bridgehead atoms. The third-order valence-electron chi connectivity index (χ3n) is 2.83. The molecule has 4 N–H and O–H groups in total. The Morgan fingerprint density at radius 3 is 2.50 bits per heavy atom. The maximum absolute atomic E-state index is 10.5. The summed E-state index contributed by atoms with van der Waals surface area (Å²) < 4.78 is 0. The van der Waals surface area contributed by atoms with Crippen LogP contribution in [0.2, 0.25) is 0 Å². The number of anilines is 1. The minimum Gasteiger partial charge on any atom is -0.383 e. The molecule has 7 nitrogen and oxygen atoms in total. The number of benzene rings is 1. The van der Waals surface area contributed by atoms with Gasteiger partial charge in [-0.2, -0.15) is 0 Å². The molecule has 0 heterocycles. The number of nitrogens with one attached hydrogen (secondary N) is 2. The molecule has 0 atom stereocenters. The van der Waals surface area contributed by atoms with Crippen LogP contribution in [-0.4, -0.2) is 30.5 Å². The molecule has 0 radical (unpaired) electrons. The van der Waals surface area contributed by atoms with Crippen molar-refractivity contribution in [2.45, 2.75) is 20.3 Å². The molecule has 0 fully saturated rings. The molecular formula is C14H24IN5O2. The van der Waals surface area contributed by atoms with E-state index in [1.165, 1.54) is 12.1 Å². The highest BCUT2D eigenvalue weighted by atomic mass is 127. The van der Waals surface area contributed by atoms with Gasteiger partial charge in [-0.3, -0.25) is 15.1 Å². The van der Waals surface area contributed by atoms with E-state index in [1.807, 2.05) is 0 Å². The molecule has 1 aromatic carbocycles. The van der Waals surface area contributed by atoms with Gasteiger partial charge in [0.2, 0.25) is 0 Å². The second-order valence-corrected chi connectivity index (χ2v) is 5.11. The lowest BCUT2D eigenvalue weighted by Crippen LogP contribution is -2.35. The average molecular weight is 421 g/mol. The second kappa shape index (κ2) is 11.0. The highest BCUT2D eigenvalue weighted by molar-refractivity contribution is 14.0. The fourth-order valence-electron chi connectivity index (χ4n) is 1.60. The van der Waals surface area contributed by atoms with Crippen LogP contribution in [0.5, 0.6) is 0 Å². The van der Waals surface area contributed by atoms with E-state index in [0.717, 1.165) is 18.7 Å². The molecule has 0 unspecified atom stereocenters. The van der Waals surface area contributed by atoms with Crippen LogP contribution < -0.4 is 16.4 Å². The molecule has 0 aromatic heterocycles. The predicted molar refractivity (Wildman–Crippen MR) is 101 cm³/mol. The monoisotopic (exact) mass is 421 g/mol. The normalized spacial score (nSPS) is 11.0. The van der Waals surface area contributed by atoms with Gasteiger partial charge in [0.1, 0.15) is 0 Å². The molecular weight excluding hydrogens is 397 g/mol. The van der Waals surface area contributed by atoms with E-state index in [1.54, 1.807) is 12.1 Å². The van der Waals surface area contributed by atoms with Crippen LogP contribution in [0.1, 0.15) is 20.3 Å². The zero-order chi connectivity index (χ0) is 15.7. The second-order valence-electron chi connectivity index (χ2n) is 5.11. The SMILES string of the molecule is CC(C)CCN=C(N)NCCNc1ccc([N+](=O)[O-])cc1.I. The van der Waals surface area contributed by atoms with Gasteiger partial charge in [-0.1, -0.05) is 13.8 Å². The Bertz CT molecular complexity index is 477. The van der Waals surface area contributed by atoms with E-state index in [-0.39, 0.29) is 29.7 Å². The molecule has 0 amide bonds. The van der Waals surface area contributed by atoms with Crippen molar-refractivity contribution in [2.75, 3.05) is 25.0 Å². The number of aliphatic imine (C=N–C) groups is 1. The maximum atomic E-state index is 10.5. The summed E-state index contributed by atoms with van der Waals surface area (Å²) in [5, 5.41) is 16.7. The molecule has 0 saturated carbocycles. The van der Waals surface area contributed by atoms with Crippen molar-refractivity contribution in [2.24, 2.45) is 16.6 Å². The molecule has 1 aromatic rings. The Morgan fingerprint density at radius 2 is 1.95 bits per heavy atom. The number of nitrogens with two attached hydrogens (primary N) is 1. The smallest absolute Gasteiger partial charge is 0.269 e. The average Bonchev–Trinajstić information content (AvgIpc) is 2.43. The maximum Gasteiger partial charge on any atom is 0.269 e. The Labute approximate surface area is 147 Å². The Morgan fingerprint density at radius 1 is 1.32 bits per heavy atom. The summed E-state index contributed by atoms with van der Waals surface area (Å²) in [5.74, 6) is 1.06. The van der Waals surface area contributed by atoms with Crippen LogP contribution in [0.25, 0.3) is 0 Å². The molecule has 0 saturated heterocycles. The Kier molecular flexibility index (Phi) is 10.3. The zero-order valence-corrected chi connectivity index (χ0v) is 15.2. The summed E-state index contributed by atoms with van der Waals surface area (Å²) >= 11 is 0. The Hall–Kier alpha value is -1.58. The van der Waals surface area contributed by atoms with E-state index in [4.69, 9.17) is 5.73 Å². The van der Waals surface area contributed by atoms with E-state index in [2.05, 4.69) is 29.5 Å². The van der Waals surface area contributed by atoms with E-state index >= 15 is 0 Å². The number of hydrogen-bond donors (Lipinski definition) is 3. The van der Waals surface area contributed by atoms with Crippen molar-refractivity contribution in [1.82, 2.24) is 5.32 Å². The number of rotatable bonds is 8. The zero-order valence-electron chi connectivity index (χ0n) is 12.9. The minimum absolute atomic E-state index is 0. The number of non-ortho nitro benzene ring substituents is 1. The number of nitro benzene ring substituents is 1. The van der Waals surface area contributed by atoms with Gasteiger partial charge in [0, 0.05) is 37.5 Å². The van der Waals surface area contributed by atoms with E-state index < -0.39 is 4.92 Å². The standard InChI is InChI=1S/C14H23N5O2.HI/c1-11(2)7-8-17-14(15)18-10-9-16-12-3-5-13(6-4-12)19(20)21;/h3-6,11,16H,7-10H2,1-2H3,(H3,15,17,18);1H. The number of hydrogen-bond acceptors (Lipinski definition) is 4. The van der Waals surface area contributed by atoms with Crippen LogP contribution in [-0.2, 0) is 0 Å². The first-order valence-electron chi connectivity index (χ1n) is 7.01. The summed E-state index contributed by atoms with van der Waals surface area (Å²) in [4.78, 5) is 14.3. The van der Waals surface area contributed by atoms with Crippen LogP contribution in [0.3, 0.4) is 0 Å². The van der Waals surface area contributed by atoms with E-state index in [9.17, 15) is 10.1 Å². The van der Waals surface area contributed by atoms with Crippen LogP contribution in [0, 0.1) is 16.0 Å². The van der Waals surface area contributed by atoms with Gasteiger partial charge in [0.25, 0.3) is 5.69 Å². The fourth-order valence-corrected chi connectivity index (χ4v) is 1.60. The number of halogens is 1. The number of nitrogens with zero attached hydrogens (tertiary/aromatic N) is 2. The first kappa shape index (κ1) is 20.4. The van der Waals surface area contributed by atoms with E-state index in [0.29, 0.717) is 25.0 Å². The molecule has 124 valence electrons. The summed E-state index contributed by atoms with van der Waals surface area (Å²) in [6.07, 6.45) is 1.02. The van der Waals surface area contributed by atoms with Crippen molar-refractivity contribution < 1.29 is 4.92 Å². The summed E-state index contributed by atoms with van der Waals surface area (Å²) in [6.45, 7) is 6.30. The molecule has 0 spiro atoms. The summed E-state index contributed by atoms with van der Waals surface area (Å²) in [6, 6.07) is 6.30. The van der Waals surface area contributed by atoms with Crippen molar-refractivity contribution >= 4 is 41.3 Å². The Balaban J connectivity index is 0.00000441. The topological polar surface area (TPSA) is 106 Å². The highest BCUT2D eigenvalue weighted by Crippen LogP contribution is 2.14. The fraction of sp³-hybridized carbons (Fsp3) is 0.500. The molecule has 0 aliphatic heterocycles. The molecule has 22 heavy (non-hydrogen) atoms. The molecule has 1 rings (SSSR count). The molecule has 8 heteroatoms. The van der Waals surface area contributed by atoms with Crippen LogP contribution in [0.4, 0.5) is 11.4 Å². The lowest BCUT2D eigenvalue weighted by Gasteiger charge is -2.08. The minimum atomic E-state index is -0.417. The van der Waals surface area contributed by atoms with Crippen molar-refractivity contribution in [3.05, 3.63) is 34.4 Å². The predicted octanol–water partition coefficient (Wildman–Crippen LogP) is 2.58. The van der Waals surface area contributed by atoms with Gasteiger partial charge in [0.15, 0.2) is 5.96 Å².